The van der Waals surface area contributed by atoms with Gasteiger partial charge in [0.15, 0.2) is 5.76 Å². The van der Waals surface area contributed by atoms with Crippen molar-refractivity contribution in [3.63, 3.8) is 0 Å². The van der Waals surface area contributed by atoms with E-state index in [9.17, 15) is 9.59 Å². The summed E-state index contributed by atoms with van der Waals surface area (Å²) >= 11 is 0. The Morgan fingerprint density at radius 3 is 2.95 bits per heavy atom. The van der Waals surface area contributed by atoms with Gasteiger partial charge < -0.3 is 10.2 Å². The molecule has 1 aromatic rings. The Balaban J connectivity index is 2.03. The summed E-state index contributed by atoms with van der Waals surface area (Å²) in [7, 11) is 0. The molecule has 0 aliphatic carbocycles. The van der Waals surface area contributed by atoms with Crippen LogP contribution in [0.1, 0.15) is 34.7 Å². The fourth-order valence-electron chi connectivity index (χ4n) is 2.57. The van der Waals surface area contributed by atoms with E-state index in [1.54, 1.807) is 6.92 Å². The molecule has 2 heterocycles. The number of nitrogen functional groups attached to an aromatic ring is 1. The second-order valence-electron chi connectivity index (χ2n) is 5.17. The third-order valence-corrected chi connectivity index (χ3v) is 3.59. The number of nitrogens with zero attached hydrogens (tertiary/aromatic N) is 1. The third-order valence-electron chi connectivity index (χ3n) is 3.59. The van der Waals surface area contributed by atoms with Gasteiger partial charge in [-0.15, -0.1) is 0 Å². The Labute approximate surface area is 117 Å². The van der Waals surface area contributed by atoms with E-state index >= 15 is 0 Å². The summed E-state index contributed by atoms with van der Waals surface area (Å²) in [5, 5.41) is 0. The van der Waals surface area contributed by atoms with Crippen LogP contribution < -0.4 is 17.0 Å². The molecule has 110 valence electrons. The van der Waals surface area contributed by atoms with Gasteiger partial charge in [0.05, 0.1) is 12.5 Å². The second-order valence-corrected chi connectivity index (χ2v) is 5.17. The Hall–Kier alpha value is -1.86. The number of furan rings is 1. The molecule has 2 rings (SSSR count). The first-order valence-corrected chi connectivity index (χ1v) is 6.63. The molecule has 0 radical (unpaired) electrons. The molecule has 2 amide bonds. The molecule has 1 atom stereocenters. The van der Waals surface area contributed by atoms with E-state index in [1.807, 2.05) is 6.07 Å². The molecule has 0 saturated carbocycles. The fraction of sp³-hybridized carbons (Fsp3) is 0.538. The molecule has 1 aromatic heterocycles. The predicted octanol–water partition coefficient (Wildman–Crippen LogP) is -0.111. The topological polar surface area (TPSA) is 115 Å². The van der Waals surface area contributed by atoms with Gasteiger partial charge in [0.25, 0.3) is 0 Å². The zero-order valence-corrected chi connectivity index (χ0v) is 11.5. The molecule has 1 saturated heterocycles. The van der Waals surface area contributed by atoms with E-state index in [-0.39, 0.29) is 17.6 Å². The lowest BCUT2D eigenvalue weighted by atomic mass is 9.97. The molecule has 1 unspecified atom stereocenters. The Morgan fingerprint density at radius 2 is 2.30 bits per heavy atom. The van der Waals surface area contributed by atoms with Crippen molar-refractivity contribution in [2.24, 2.45) is 17.5 Å². The number of carbonyl (C=O) groups is 2. The minimum Gasteiger partial charge on any atom is -0.454 e. The van der Waals surface area contributed by atoms with Crippen molar-refractivity contribution in [2.75, 3.05) is 13.1 Å². The molecule has 7 heteroatoms. The van der Waals surface area contributed by atoms with E-state index < -0.39 is 5.91 Å². The van der Waals surface area contributed by atoms with Crippen LogP contribution in [0.2, 0.25) is 0 Å². The van der Waals surface area contributed by atoms with Crippen molar-refractivity contribution < 1.29 is 14.0 Å². The molecular weight excluding hydrogens is 260 g/mol. The summed E-state index contributed by atoms with van der Waals surface area (Å²) in [6.07, 6.45) is 1.77. The third kappa shape index (κ3) is 3.17. The van der Waals surface area contributed by atoms with Crippen molar-refractivity contribution in [1.29, 1.82) is 0 Å². The Kier molecular flexibility index (Phi) is 4.41. The summed E-state index contributed by atoms with van der Waals surface area (Å²) in [5.41, 5.74) is 8.15. The van der Waals surface area contributed by atoms with Gasteiger partial charge in [-0.2, -0.15) is 0 Å². The van der Waals surface area contributed by atoms with E-state index in [0.717, 1.165) is 24.9 Å². The summed E-state index contributed by atoms with van der Waals surface area (Å²) in [6, 6.07) is 1.82. The first kappa shape index (κ1) is 14.5. The minimum absolute atomic E-state index is 0.105. The van der Waals surface area contributed by atoms with Gasteiger partial charge in [-0.05, 0) is 32.4 Å². The number of carbonyl (C=O) groups excluding carboxylic acids is 2. The van der Waals surface area contributed by atoms with E-state index in [0.29, 0.717) is 18.8 Å². The highest BCUT2D eigenvalue weighted by atomic mass is 16.4. The number of aryl methyl sites for hydroxylation is 1. The number of hydrazine groups is 1. The highest BCUT2D eigenvalue weighted by Gasteiger charge is 2.25. The number of hydrogen-bond acceptors (Lipinski definition) is 5. The molecule has 1 aliphatic heterocycles. The maximum atomic E-state index is 11.5. The van der Waals surface area contributed by atoms with Crippen molar-refractivity contribution in [1.82, 2.24) is 10.3 Å². The molecule has 5 N–H and O–H groups in total. The number of hydrogen-bond donors (Lipinski definition) is 3. The number of nitrogens with two attached hydrogens (primary N) is 2. The van der Waals surface area contributed by atoms with Crippen LogP contribution in [0.25, 0.3) is 0 Å². The summed E-state index contributed by atoms with van der Waals surface area (Å²) in [5.74, 6) is 5.21. The van der Waals surface area contributed by atoms with Crippen LogP contribution in [-0.2, 0) is 11.3 Å². The number of nitrogens with one attached hydrogen (secondary N) is 1. The van der Waals surface area contributed by atoms with Crippen molar-refractivity contribution in [2.45, 2.75) is 26.3 Å². The monoisotopic (exact) mass is 280 g/mol. The van der Waals surface area contributed by atoms with Crippen molar-refractivity contribution in [3.8, 4) is 0 Å². The Morgan fingerprint density at radius 1 is 1.55 bits per heavy atom. The van der Waals surface area contributed by atoms with Crippen LogP contribution in [0.3, 0.4) is 0 Å². The van der Waals surface area contributed by atoms with Gasteiger partial charge in [-0.3, -0.25) is 19.9 Å². The van der Waals surface area contributed by atoms with Gasteiger partial charge in [-0.25, -0.2) is 5.84 Å². The molecule has 0 aromatic carbocycles. The van der Waals surface area contributed by atoms with Gasteiger partial charge in [0.2, 0.25) is 5.91 Å². The van der Waals surface area contributed by atoms with Gasteiger partial charge in [-0.1, -0.05) is 0 Å². The van der Waals surface area contributed by atoms with Crippen LogP contribution in [-0.4, -0.2) is 29.8 Å². The van der Waals surface area contributed by atoms with Crippen molar-refractivity contribution in [3.05, 3.63) is 23.2 Å². The second kappa shape index (κ2) is 6.06. The lowest BCUT2D eigenvalue weighted by Crippen LogP contribution is -2.40. The maximum Gasteiger partial charge on any atom is 0.301 e. The molecule has 0 bridgehead atoms. The molecular formula is C13H20N4O3. The fourth-order valence-corrected chi connectivity index (χ4v) is 2.57. The van der Waals surface area contributed by atoms with Crippen LogP contribution in [0, 0.1) is 12.8 Å². The number of primary amides is 1. The van der Waals surface area contributed by atoms with E-state index in [2.05, 4.69) is 10.3 Å². The standard InChI is InChI=1S/C13H20N4O3/c1-8-5-10(20-11(8)13(19)16-15)7-17-4-2-3-9(6-17)12(14)18/h5,9H,2-4,6-7,15H2,1H3,(H2,14,18)(H,16,19). The quantitative estimate of drug-likeness (QED) is 0.404. The average molecular weight is 280 g/mol. The van der Waals surface area contributed by atoms with Gasteiger partial charge >= 0.3 is 5.91 Å². The van der Waals surface area contributed by atoms with Gasteiger partial charge in [0, 0.05) is 12.1 Å². The Bertz CT molecular complexity index is 512. The zero-order chi connectivity index (χ0) is 14.7. The molecule has 20 heavy (non-hydrogen) atoms. The lowest BCUT2D eigenvalue weighted by Gasteiger charge is -2.30. The summed E-state index contributed by atoms with van der Waals surface area (Å²) < 4.78 is 5.52. The number of rotatable bonds is 4. The largest absolute Gasteiger partial charge is 0.454 e. The number of amides is 2. The van der Waals surface area contributed by atoms with Crippen LogP contribution in [0.15, 0.2) is 10.5 Å². The molecule has 1 aliphatic rings. The lowest BCUT2D eigenvalue weighted by molar-refractivity contribution is -0.123. The van der Waals surface area contributed by atoms with E-state index in [1.165, 1.54) is 0 Å². The number of likely N-dealkylation sites (tertiary alicyclic amines) is 1. The van der Waals surface area contributed by atoms with Crippen LogP contribution in [0.4, 0.5) is 0 Å². The SMILES string of the molecule is Cc1cc(CN2CCCC(C(N)=O)C2)oc1C(=O)NN. The molecule has 0 spiro atoms. The highest BCUT2D eigenvalue weighted by molar-refractivity contribution is 5.92. The maximum absolute atomic E-state index is 11.5. The average Bonchev–Trinajstić information content (AvgIpc) is 2.79. The van der Waals surface area contributed by atoms with Gasteiger partial charge in [0.1, 0.15) is 5.76 Å². The number of piperidine rings is 1. The van der Waals surface area contributed by atoms with Crippen LogP contribution >= 0.6 is 0 Å². The smallest absolute Gasteiger partial charge is 0.301 e. The first-order valence-electron chi connectivity index (χ1n) is 6.63. The summed E-state index contributed by atoms with van der Waals surface area (Å²) in [4.78, 5) is 24.8. The molecule has 1 fully saturated rings. The van der Waals surface area contributed by atoms with Crippen molar-refractivity contribution >= 4 is 11.8 Å². The van der Waals surface area contributed by atoms with E-state index in [4.69, 9.17) is 16.0 Å². The first-order chi connectivity index (χ1) is 9.51. The highest BCUT2D eigenvalue weighted by Crippen LogP contribution is 2.21. The predicted molar refractivity (Wildman–Crippen MR) is 72.3 cm³/mol. The normalized spacial score (nSPS) is 19.8. The zero-order valence-electron chi connectivity index (χ0n) is 11.5. The summed E-state index contributed by atoms with van der Waals surface area (Å²) in [6.45, 7) is 3.87. The van der Waals surface area contributed by atoms with Crippen LogP contribution in [0.5, 0.6) is 0 Å². The molecule has 7 nitrogen and oxygen atoms in total. The minimum atomic E-state index is -0.442.